The topological polar surface area (TPSA) is 26.3 Å². The number of hydrogen-bond acceptors (Lipinski definition) is 2. The van der Waals surface area contributed by atoms with Crippen molar-refractivity contribution in [2.24, 2.45) is 0 Å². The van der Waals surface area contributed by atoms with Gasteiger partial charge in [0.25, 0.3) is 0 Å². The number of benzene rings is 7. The maximum atomic E-state index is 9.29. The molecule has 0 aliphatic carbocycles. The van der Waals surface area contributed by atoms with Crippen LogP contribution in [0.5, 0.6) is 0 Å². The zero-order valence-electron chi connectivity index (χ0n) is 35.4. The molecule has 0 radical (unpaired) electrons. The van der Waals surface area contributed by atoms with Crippen LogP contribution in [0.3, 0.4) is 0 Å². The lowest BCUT2D eigenvalue weighted by atomic mass is 9.84. The van der Waals surface area contributed by atoms with E-state index >= 15 is 0 Å². The fourth-order valence-electron chi connectivity index (χ4n) is 5.55. The molecule has 0 saturated carbocycles. The Morgan fingerprint density at radius 1 is 0.450 bits per heavy atom. The van der Waals surface area contributed by atoms with Crippen LogP contribution < -0.4 is 0 Å². The Bertz CT molecular complexity index is 3180. The van der Waals surface area contributed by atoms with Crippen molar-refractivity contribution in [3.8, 4) is 22.3 Å². The van der Waals surface area contributed by atoms with E-state index in [9.17, 15) is 6.85 Å². The molecule has 0 atom stereocenters. The SMILES string of the molecule is [2H]c1c([2H])c([2H])c2c(-c3c4c([2H])c([2H])c([2H])c([2H])c4c(-c4ccc5oc6cc7occc7cc6c5c4)c4c([2H])c([2H])c([2H])c([2H])c34)c([2H])c([2H])c([2H])c2c1[2H]. The van der Waals surface area contributed by atoms with Crippen LogP contribution in [0.25, 0.3) is 87.5 Å². The smallest absolute Gasteiger partial charge is 0.139 e. The largest absolute Gasteiger partial charge is 0.464 e. The first-order chi connectivity index (χ1) is 26.1. The molecule has 0 unspecified atom stereocenters. The Kier molecular flexibility index (Phi) is 2.39. The van der Waals surface area contributed by atoms with Gasteiger partial charge in [0.2, 0.25) is 0 Å². The molecule has 0 aliphatic heterocycles. The van der Waals surface area contributed by atoms with E-state index in [1.165, 1.54) is 6.26 Å². The van der Waals surface area contributed by atoms with Crippen molar-refractivity contribution < 1.29 is 29.4 Å². The quantitative estimate of drug-likeness (QED) is 0.210. The minimum Gasteiger partial charge on any atom is -0.464 e. The Morgan fingerprint density at radius 2 is 1.10 bits per heavy atom. The van der Waals surface area contributed by atoms with Crippen molar-refractivity contribution in [2.75, 3.05) is 0 Å². The van der Waals surface area contributed by atoms with Crippen LogP contribution in [0, 0.1) is 0 Å². The third-order valence-corrected chi connectivity index (χ3v) is 7.27. The van der Waals surface area contributed by atoms with Crippen LogP contribution >= 0.6 is 0 Å². The zero-order chi connectivity index (χ0) is 39.3. The van der Waals surface area contributed by atoms with Crippen LogP contribution in [0.1, 0.15) is 20.6 Å². The van der Waals surface area contributed by atoms with Gasteiger partial charge in [-0.25, -0.2) is 0 Å². The summed E-state index contributed by atoms with van der Waals surface area (Å²) in [7, 11) is 0. The van der Waals surface area contributed by atoms with Gasteiger partial charge in [0.05, 0.1) is 26.8 Å². The molecule has 2 heteroatoms. The summed E-state index contributed by atoms with van der Waals surface area (Å²) in [6.45, 7) is 0. The van der Waals surface area contributed by atoms with Gasteiger partial charge in [-0.1, -0.05) is 96.7 Å². The van der Waals surface area contributed by atoms with Gasteiger partial charge in [-0.3, -0.25) is 0 Å². The van der Waals surface area contributed by atoms with Crippen LogP contribution in [0.15, 0.2) is 142 Å². The molecule has 0 saturated heterocycles. The third kappa shape index (κ3) is 2.99. The van der Waals surface area contributed by atoms with Gasteiger partial charge >= 0.3 is 0 Å². The predicted molar refractivity (Wildman–Crippen MR) is 167 cm³/mol. The number of rotatable bonds is 2. The monoisotopic (exact) mass is 525 g/mol. The van der Waals surface area contributed by atoms with Crippen LogP contribution in [0.4, 0.5) is 0 Å². The molecule has 0 aliphatic rings. The maximum Gasteiger partial charge on any atom is 0.139 e. The van der Waals surface area contributed by atoms with Crippen molar-refractivity contribution in [3.63, 3.8) is 0 Å². The van der Waals surface area contributed by atoms with E-state index in [4.69, 9.17) is 22.5 Å². The van der Waals surface area contributed by atoms with E-state index in [0.717, 1.165) is 5.39 Å². The Hall–Kier alpha value is -5.34. The second-order valence-electron chi connectivity index (χ2n) is 9.37. The average Bonchev–Trinajstić information content (AvgIpc) is 3.79. The second-order valence-corrected chi connectivity index (χ2v) is 9.37. The highest BCUT2D eigenvalue weighted by molar-refractivity contribution is 6.24. The summed E-state index contributed by atoms with van der Waals surface area (Å²) in [5.41, 5.74) is 1.03. The second kappa shape index (κ2) is 8.08. The number of hydrogen-bond donors (Lipinski definition) is 0. The lowest BCUT2D eigenvalue weighted by molar-refractivity contribution is 0.613. The first-order valence-corrected chi connectivity index (χ1v) is 12.4. The summed E-state index contributed by atoms with van der Waals surface area (Å²) in [5, 5.41) is 0.191. The standard InChI is InChI=1S/C38H22O2/c1-2-10-26-23(8-1)9-7-15-27(26)38-30-13-5-3-11-28(30)37(29-12-4-6-14-31(29)38)25-16-17-34-32(21-25)33-20-24-18-19-39-35(24)22-36(33)40-34/h1-22H/i1D,2D,3D,4D,5D,6D,7D,8D,9D,10D,11D,12D,13D,14D,15D. The Balaban J connectivity index is 1.59. The molecular formula is C38H22O2. The van der Waals surface area contributed by atoms with Gasteiger partial charge in [0.15, 0.2) is 0 Å². The minimum atomic E-state index is -0.761. The molecule has 2 aromatic heterocycles. The summed E-state index contributed by atoms with van der Waals surface area (Å²) >= 11 is 0. The highest BCUT2D eigenvalue weighted by Crippen LogP contribution is 2.46. The van der Waals surface area contributed by atoms with Gasteiger partial charge in [-0.05, 0) is 78.8 Å². The van der Waals surface area contributed by atoms with E-state index < -0.39 is 107 Å². The van der Waals surface area contributed by atoms with Gasteiger partial charge in [0, 0.05) is 22.2 Å². The summed E-state index contributed by atoms with van der Waals surface area (Å²) in [6, 6.07) is 0.0470. The molecule has 40 heavy (non-hydrogen) atoms. The first-order valence-electron chi connectivity index (χ1n) is 19.9. The molecule has 0 amide bonds. The molecule has 0 bridgehead atoms. The Labute approximate surface area is 250 Å². The minimum absolute atomic E-state index is 0.00864. The van der Waals surface area contributed by atoms with Gasteiger partial charge in [-0.2, -0.15) is 0 Å². The molecule has 0 N–H and O–H groups in total. The number of furan rings is 2. The molecule has 2 nitrogen and oxygen atoms in total. The maximum absolute atomic E-state index is 9.29. The van der Waals surface area contributed by atoms with Crippen molar-refractivity contribution in [3.05, 3.63) is 133 Å². The molecular weight excluding hydrogens is 488 g/mol. The molecule has 9 rings (SSSR count). The van der Waals surface area contributed by atoms with Crippen molar-refractivity contribution in [2.45, 2.75) is 0 Å². The summed E-state index contributed by atoms with van der Waals surface area (Å²) < 4.78 is 145. The van der Waals surface area contributed by atoms with Crippen molar-refractivity contribution in [1.82, 2.24) is 0 Å². The molecule has 0 spiro atoms. The predicted octanol–water partition coefficient (Wildman–Crippen LogP) is 11.1. The fraction of sp³-hybridized carbons (Fsp3) is 0. The number of fused-ring (bicyclic) bond motifs is 7. The van der Waals surface area contributed by atoms with Crippen LogP contribution in [-0.2, 0) is 0 Å². The first kappa shape index (κ1) is 11.8. The van der Waals surface area contributed by atoms with Crippen LogP contribution in [0.2, 0.25) is 0 Å². The molecule has 2 heterocycles. The zero-order valence-corrected chi connectivity index (χ0v) is 20.4. The van der Waals surface area contributed by atoms with E-state index in [1.807, 2.05) is 6.07 Å². The van der Waals surface area contributed by atoms with E-state index in [1.54, 1.807) is 30.3 Å². The van der Waals surface area contributed by atoms with Crippen molar-refractivity contribution >= 4 is 65.2 Å². The van der Waals surface area contributed by atoms with Gasteiger partial charge < -0.3 is 8.83 Å². The summed E-state index contributed by atoms with van der Waals surface area (Å²) in [4.78, 5) is 0. The van der Waals surface area contributed by atoms with Gasteiger partial charge in [-0.15, -0.1) is 0 Å². The normalized spacial score (nSPS) is 17.2. The summed E-state index contributed by atoms with van der Waals surface area (Å²) in [5.74, 6) is 0. The third-order valence-electron chi connectivity index (χ3n) is 7.27. The van der Waals surface area contributed by atoms with E-state index in [2.05, 4.69) is 0 Å². The highest BCUT2D eigenvalue weighted by atomic mass is 16.3. The lowest BCUT2D eigenvalue weighted by Crippen LogP contribution is -1.91. The molecule has 186 valence electrons. The fourth-order valence-corrected chi connectivity index (χ4v) is 5.55. The Morgan fingerprint density at radius 3 is 1.88 bits per heavy atom. The van der Waals surface area contributed by atoms with E-state index in [0.29, 0.717) is 33.1 Å². The lowest BCUT2D eigenvalue weighted by Gasteiger charge is -2.18. The molecule has 0 fully saturated rings. The van der Waals surface area contributed by atoms with E-state index in [-0.39, 0.29) is 32.7 Å². The summed E-state index contributed by atoms with van der Waals surface area (Å²) in [6.07, 6.45) is 1.54. The van der Waals surface area contributed by atoms with Gasteiger partial charge in [0.1, 0.15) is 16.7 Å². The highest BCUT2D eigenvalue weighted by Gasteiger charge is 2.19. The van der Waals surface area contributed by atoms with Crippen molar-refractivity contribution in [1.29, 1.82) is 0 Å². The molecule has 7 aromatic carbocycles. The average molecular weight is 526 g/mol. The van der Waals surface area contributed by atoms with Crippen LogP contribution in [-0.4, -0.2) is 0 Å². The molecule has 9 aromatic rings.